The average Bonchev–Trinajstić information content (AvgIpc) is 2.41. The lowest BCUT2D eigenvalue weighted by molar-refractivity contribution is 0.220. The molecule has 0 aromatic heterocycles. The first-order valence-electron chi connectivity index (χ1n) is 5.81. The van der Waals surface area contributed by atoms with Crippen molar-refractivity contribution in [3.63, 3.8) is 0 Å². The normalized spacial score (nSPS) is 12.3. The molecular formula is C15H14Cl2O2. The third-order valence-electron chi connectivity index (χ3n) is 3.01. The molecule has 0 amide bonds. The fourth-order valence-electron chi connectivity index (χ4n) is 1.91. The van der Waals surface area contributed by atoms with Crippen LogP contribution in [0.3, 0.4) is 0 Å². The third-order valence-corrected chi connectivity index (χ3v) is 3.82. The van der Waals surface area contributed by atoms with E-state index in [4.69, 9.17) is 27.9 Å². The summed E-state index contributed by atoms with van der Waals surface area (Å²) >= 11 is 12.3. The molecule has 0 bridgehead atoms. The van der Waals surface area contributed by atoms with Crippen molar-refractivity contribution in [1.29, 1.82) is 0 Å². The molecule has 0 saturated carbocycles. The van der Waals surface area contributed by atoms with E-state index in [2.05, 4.69) is 0 Å². The van der Waals surface area contributed by atoms with Crippen molar-refractivity contribution >= 4 is 23.2 Å². The number of aliphatic hydroxyl groups is 1. The second-order valence-corrected chi connectivity index (χ2v) is 5.06. The van der Waals surface area contributed by atoms with E-state index in [0.717, 1.165) is 5.56 Å². The van der Waals surface area contributed by atoms with Crippen LogP contribution in [0, 0.1) is 6.92 Å². The lowest BCUT2D eigenvalue weighted by atomic mass is 10.00. The van der Waals surface area contributed by atoms with Crippen molar-refractivity contribution in [2.45, 2.75) is 13.0 Å². The van der Waals surface area contributed by atoms with Crippen LogP contribution >= 0.6 is 23.2 Å². The number of rotatable bonds is 3. The molecule has 1 N–H and O–H groups in total. The lowest BCUT2D eigenvalue weighted by Crippen LogP contribution is -2.01. The van der Waals surface area contributed by atoms with Crippen molar-refractivity contribution in [3.05, 3.63) is 63.1 Å². The number of hydrogen-bond donors (Lipinski definition) is 1. The Morgan fingerprint density at radius 2 is 1.89 bits per heavy atom. The highest BCUT2D eigenvalue weighted by Gasteiger charge is 2.16. The van der Waals surface area contributed by atoms with Crippen LogP contribution in [0.15, 0.2) is 36.4 Å². The van der Waals surface area contributed by atoms with Gasteiger partial charge in [0.1, 0.15) is 11.9 Å². The molecule has 0 heterocycles. The van der Waals surface area contributed by atoms with Crippen LogP contribution in [-0.2, 0) is 0 Å². The molecule has 0 fully saturated rings. The zero-order chi connectivity index (χ0) is 14.0. The first kappa shape index (κ1) is 14.2. The Hall–Kier alpha value is -1.22. The molecule has 0 radical (unpaired) electrons. The molecule has 1 unspecified atom stereocenters. The molecule has 0 aliphatic heterocycles. The molecule has 0 spiro atoms. The van der Waals surface area contributed by atoms with Crippen LogP contribution in [0.1, 0.15) is 22.8 Å². The van der Waals surface area contributed by atoms with Gasteiger partial charge in [-0.1, -0.05) is 47.5 Å². The van der Waals surface area contributed by atoms with E-state index in [1.54, 1.807) is 31.4 Å². The Balaban J connectivity index is 2.41. The van der Waals surface area contributed by atoms with Crippen molar-refractivity contribution < 1.29 is 9.84 Å². The van der Waals surface area contributed by atoms with Crippen LogP contribution in [0.2, 0.25) is 10.0 Å². The summed E-state index contributed by atoms with van der Waals surface area (Å²) in [6.45, 7) is 1.90. The summed E-state index contributed by atoms with van der Waals surface area (Å²) in [5.74, 6) is 0.577. The van der Waals surface area contributed by atoms with E-state index in [1.807, 2.05) is 19.1 Å². The average molecular weight is 297 g/mol. The molecule has 0 aliphatic rings. The summed E-state index contributed by atoms with van der Waals surface area (Å²) in [4.78, 5) is 0. The van der Waals surface area contributed by atoms with Crippen LogP contribution < -0.4 is 4.74 Å². The second-order valence-electron chi connectivity index (χ2n) is 4.27. The van der Waals surface area contributed by atoms with Gasteiger partial charge in [-0.15, -0.1) is 0 Å². The van der Waals surface area contributed by atoms with E-state index < -0.39 is 6.10 Å². The fraction of sp³-hybridized carbons (Fsp3) is 0.200. The Kier molecular flexibility index (Phi) is 4.35. The standard InChI is InChI=1S/C15H14Cl2O2/c1-9-4-3-5-11(14(9)17)15(18)10-6-7-13(19-2)12(16)8-10/h3-8,15,18H,1-2H3. The fourth-order valence-corrected chi connectivity index (χ4v) is 2.41. The van der Waals surface area contributed by atoms with Gasteiger partial charge in [-0.3, -0.25) is 0 Å². The lowest BCUT2D eigenvalue weighted by Gasteiger charge is -2.15. The minimum absolute atomic E-state index is 0.461. The highest BCUT2D eigenvalue weighted by Crippen LogP contribution is 2.33. The topological polar surface area (TPSA) is 29.5 Å². The van der Waals surface area contributed by atoms with Crippen molar-refractivity contribution in [2.24, 2.45) is 0 Å². The van der Waals surface area contributed by atoms with Gasteiger partial charge in [0.05, 0.1) is 12.1 Å². The van der Waals surface area contributed by atoms with Gasteiger partial charge in [0, 0.05) is 10.6 Å². The molecule has 0 saturated heterocycles. The molecule has 2 nitrogen and oxygen atoms in total. The smallest absolute Gasteiger partial charge is 0.137 e. The zero-order valence-electron chi connectivity index (χ0n) is 10.7. The maximum absolute atomic E-state index is 10.4. The van der Waals surface area contributed by atoms with Gasteiger partial charge in [-0.25, -0.2) is 0 Å². The van der Waals surface area contributed by atoms with Gasteiger partial charge >= 0.3 is 0 Å². The maximum Gasteiger partial charge on any atom is 0.137 e. The Labute approximate surface area is 122 Å². The minimum Gasteiger partial charge on any atom is -0.495 e. The monoisotopic (exact) mass is 296 g/mol. The van der Waals surface area contributed by atoms with Crippen LogP contribution in [0.4, 0.5) is 0 Å². The van der Waals surface area contributed by atoms with Crippen LogP contribution in [-0.4, -0.2) is 12.2 Å². The highest BCUT2D eigenvalue weighted by molar-refractivity contribution is 6.32. The predicted octanol–water partition coefficient (Wildman–Crippen LogP) is 4.39. The van der Waals surface area contributed by atoms with Gasteiger partial charge in [0.25, 0.3) is 0 Å². The van der Waals surface area contributed by atoms with Gasteiger partial charge < -0.3 is 9.84 Å². The Morgan fingerprint density at radius 1 is 1.16 bits per heavy atom. The summed E-state index contributed by atoms with van der Waals surface area (Å²) in [6, 6.07) is 10.8. The largest absolute Gasteiger partial charge is 0.495 e. The number of methoxy groups -OCH3 is 1. The molecule has 100 valence electrons. The van der Waals surface area contributed by atoms with Gasteiger partial charge in [0.15, 0.2) is 0 Å². The summed E-state index contributed by atoms with van der Waals surface area (Å²) in [5, 5.41) is 11.4. The van der Waals surface area contributed by atoms with Gasteiger partial charge in [0.2, 0.25) is 0 Å². The third kappa shape index (κ3) is 2.86. The number of hydrogen-bond acceptors (Lipinski definition) is 2. The number of ether oxygens (including phenoxy) is 1. The number of benzene rings is 2. The quantitative estimate of drug-likeness (QED) is 0.910. The molecule has 19 heavy (non-hydrogen) atoms. The van der Waals surface area contributed by atoms with E-state index >= 15 is 0 Å². The SMILES string of the molecule is COc1ccc(C(O)c2cccc(C)c2Cl)cc1Cl. The molecule has 2 aromatic carbocycles. The summed E-state index contributed by atoms with van der Waals surface area (Å²) in [6.07, 6.45) is -0.809. The molecular weight excluding hydrogens is 283 g/mol. The molecule has 2 aromatic rings. The number of aliphatic hydroxyl groups excluding tert-OH is 1. The minimum atomic E-state index is -0.809. The Bertz CT molecular complexity index is 597. The first-order chi connectivity index (χ1) is 9.04. The van der Waals surface area contributed by atoms with Crippen LogP contribution in [0.25, 0.3) is 0 Å². The summed E-state index contributed by atoms with van der Waals surface area (Å²) in [5.41, 5.74) is 2.28. The van der Waals surface area contributed by atoms with Crippen molar-refractivity contribution in [2.75, 3.05) is 7.11 Å². The van der Waals surface area contributed by atoms with E-state index in [0.29, 0.717) is 26.9 Å². The van der Waals surface area contributed by atoms with Gasteiger partial charge in [-0.05, 0) is 30.2 Å². The molecule has 4 heteroatoms. The molecule has 1 atom stereocenters. The number of aryl methyl sites for hydroxylation is 1. The van der Waals surface area contributed by atoms with E-state index in [-0.39, 0.29) is 0 Å². The molecule has 2 rings (SSSR count). The zero-order valence-corrected chi connectivity index (χ0v) is 12.2. The van der Waals surface area contributed by atoms with E-state index in [9.17, 15) is 5.11 Å². The number of halogens is 2. The first-order valence-corrected chi connectivity index (χ1v) is 6.56. The highest BCUT2D eigenvalue weighted by atomic mass is 35.5. The molecule has 0 aliphatic carbocycles. The second kappa shape index (κ2) is 5.83. The van der Waals surface area contributed by atoms with Crippen molar-refractivity contribution in [1.82, 2.24) is 0 Å². The van der Waals surface area contributed by atoms with Gasteiger partial charge in [-0.2, -0.15) is 0 Å². The summed E-state index contributed by atoms with van der Waals surface area (Å²) in [7, 11) is 1.55. The van der Waals surface area contributed by atoms with E-state index in [1.165, 1.54) is 0 Å². The Morgan fingerprint density at radius 3 is 2.53 bits per heavy atom. The maximum atomic E-state index is 10.4. The predicted molar refractivity (Wildman–Crippen MR) is 78.3 cm³/mol. The van der Waals surface area contributed by atoms with Crippen molar-refractivity contribution in [3.8, 4) is 5.75 Å². The van der Waals surface area contributed by atoms with Crippen LogP contribution in [0.5, 0.6) is 5.75 Å². The summed E-state index contributed by atoms with van der Waals surface area (Å²) < 4.78 is 5.09.